The van der Waals surface area contributed by atoms with Crippen molar-refractivity contribution in [2.24, 2.45) is 0 Å². The lowest BCUT2D eigenvalue weighted by atomic mass is 10.1. The van der Waals surface area contributed by atoms with Gasteiger partial charge >= 0.3 is 0 Å². The summed E-state index contributed by atoms with van der Waals surface area (Å²) in [4.78, 5) is 16.9. The maximum absolute atomic E-state index is 10.9. The normalized spacial score (nSPS) is 17.4. The molecule has 0 amide bonds. The molecule has 1 atom stereocenters. The van der Waals surface area contributed by atoms with Crippen LogP contribution in [0.4, 0.5) is 11.5 Å². The molecule has 0 saturated heterocycles. The van der Waals surface area contributed by atoms with Crippen molar-refractivity contribution in [1.82, 2.24) is 19.7 Å². The number of aromatic nitrogens is 4. The van der Waals surface area contributed by atoms with E-state index in [1.807, 2.05) is 0 Å². The van der Waals surface area contributed by atoms with Crippen LogP contribution in [0.2, 0.25) is 0 Å². The lowest BCUT2D eigenvalue weighted by molar-refractivity contribution is -0.385. The molecule has 0 N–H and O–H groups in total. The van der Waals surface area contributed by atoms with E-state index in [2.05, 4.69) is 45.4 Å². The van der Waals surface area contributed by atoms with Gasteiger partial charge in [-0.2, -0.15) is 0 Å². The summed E-state index contributed by atoms with van der Waals surface area (Å²) in [5.41, 5.74) is 0.658. The third-order valence-corrected chi connectivity index (χ3v) is 4.29. The Hall–Kier alpha value is -2.51. The van der Waals surface area contributed by atoms with Gasteiger partial charge in [0.25, 0.3) is 5.69 Å². The van der Waals surface area contributed by atoms with Crippen molar-refractivity contribution in [2.75, 3.05) is 11.4 Å². The standard InChI is InChI=1S/C15H20N6O2/c1-9(2)14-17-18-15-11(4)19(5-6-20(14)15)13-7-10(3)12(8-16-13)21(22)23/h7-9,11H,5-6H2,1-4H3. The summed E-state index contributed by atoms with van der Waals surface area (Å²) in [7, 11) is 0. The minimum absolute atomic E-state index is 0.0251. The number of rotatable bonds is 3. The summed E-state index contributed by atoms with van der Waals surface area (Å²) in [5.74, 6) is 2.98. The first-order valence-corrected chi connectivity index (χ1v) is 7.70. The number of fused-ring (bicyclic) bond motifs is 1. The van der Waals surface area contributed by atoms with Crippen molar-refractivity contribution in [1.29, 1.82) is 0 Å². The van der Waals surface area contributed by atoms with Crippen LogP contribution in [0.1, 0.15) is 49.9 Å². The van der Waals surface area contributed by atoms with Crippen molar-refractivity contribution in [3.05, 3.63) is 39.6 Å². The average Bonchev–Trinajstić information content (AvgIpc) is 2.92. The number of pyridine rings is 1. The third kappa shape index (κ3) is 2.54. The zero-order valence-corrected chi connectivity index (χ0v) is 13.7. The third-order valence-electron chi connectivity index (χ3n) is 4.29. The average molecular weight is 316 g/mol. The van der Waals surface area contributed by atoms with Crippen LogP contribution in [0.3, 0.4) is 0 Å². The molecular formula is C15H20N6O2. The fourth-order valence-electron chi connectivity index (χ4n) is 3.03. The van der Waals surface area contributed by atoms with Crippen molar-refractivity contribution in [2.45, 2.75) is 46.2 Å². The molecule has 1 aliphatic rings. The van der Waals surface area contributed by atoms with Crippen molar-refractivity contribution in [3.8, 4) is 0 Å². The van der Waals surface area contributed by atoms with E-state index in [9.17, 15) is 10.1 Å². The Morgan fingerprint density at radius 1 is 1.35 bits per heavy atom. The molecule has 8 nitrogen and oxygen atoms in total. The van der Waals surface area contributed by atoms with Gasteiger partial charge in [-0.05, 0) is 19.9 Å². The molecule has 1 aliphatic heterocycles. The van der Waals surface area contributed by atoms with Crippen LogP contribution in [-0.2, 0) is 6.54 Å². The maximum Gasteiger partial charge on any atom is 0.290 e. The summed E-state index contributed by atoms with van der Waals surface area (Å²) in [6.07, 6.45) is 1.33. The molecule has 0 aromatic carbocycles. The van der Waals surface area contributed by atoms with Crippen LogP contribution in [0.25, 0.3) is 0 Å². The van der Waals surface area contributed by atoms with E-state index in [-0.39, 0.29) is 11.7 Å². The Morgan fingerprint density at radius 2 is 2.09 bits per heavy atom. The second-order valence-corrected chi connectivity index (χ2v) is 6.18. The molecule has 3 rings (SSSR count). The lowest BCUT2D eigenvalue weighted by Crippen LogP contribution is -2.38. The molecule has 0 saturated carbocycles. The van der Waals surface area contributed by atoms with Crippen molar-refractivity contribution >= 4 is 11.5 Å². The second kappa shape index (κ2) is 5.60. The highest BCUT2D eigenvalue weighted by Gasteiger charge is 2.30. The van der Waals surface area contributed by atoms with Gasteiger partial charge in [0.05, 0.1) is 11.0 Å². The summed E-state index contributed by atoms with van der Waals surface area (Å²) in [6.45, 7) is 9.57. The number of anilines is 1. The first-order chi connectivity index (χ1) is 10.9. The summed E-state index contributed by atoms with van der Waals surface area (Å²) in [5, 5.41) is 19.6. The fourth-order valence-corrected chi connectivity index (χ4v) is 3.03. The van der Waals surface area contributed by atoms with Crippen LogP contribution >= 0.6 is 0 Å². The molecule has 122 valence electrons. The second-order valence-electron chi connectivity index (χ2n) is 6.18. The number of aryl methyl sites for hydroxylation is 1. The Morgan fingerprint density at radius 3 is 2.70 bits per heavy atom. The molecule has 8 heteroatoms. The van der Waals surface area contributed by atoms with E-state index < -0.39 is 4.92 Å². The van der Waals surface area contributed by atoms with Crippen LogP contribution in [-0.4, -0.2) is 31.2 Å². The highest BCUT2D eigenvalue weighted by molar-refractivity contribution is 5.50. The predicted molar refractivity (Wildman–Crippen MR) is 85.5 cm³/mol. The van der Waals surface area contributed by atoms with Gasteiger partial charge in [0.1, 0.15) is 17.8 Å². The minimum Gasteiger partial charge on any atom is -0.345 e. The molecule has 0 spiro atoms. The molecule has 0 radical (unpaired) electrons. The quantitative estimate of drug-likeness (QED) is 0.638. The number of hydrogen-bond donors (Lipinski definition) is 0. The van der Waals surface area contributed by atoms with Crippen LogP contribution in [0.5, 0.6) is 0 Å². The minimum atomic E-state index is -0.405. The smallest absolute Gasteiger partial charge is 0.290 e. The van der Waals surface area contributed by atoms with Crippen LogP contribution < -0.4 is 4.90 Å². The van der Waals surface area contributed by atoms with Gasteiger partial charge in [-0.25, -0.2) is 4.98 Å². The first-order valence-electron chi connectivity index (χ1n) is 7.70. The Balaban J connectivity index is 1.93. The number of nitro groups is 1. The van der Waals surface area contributed by atoms with Gasteiger partial charge < -0.3 is 9.47 Å². The predicted octanol–water partition coefficient (Wildman–Crippen LogP) is 2.59. The maximum atomic E-state index is 10.9. The summed E-state index contributed by atoms with van der Waals surface area (Å²) in [6, 6.07) is 1.79. The van der Waals surface area contributed by atoms with Gasteiger partial charge in [0, 0.05) is 24.6 Å². The zero-order valence-electron chi connectivity index (χ0n) is 13.7. The first kappa shape index (κ1) is 15.4. The van der Waals surface area contributed by atoms with Gasteiger partial charge in [-0.3, -0.25) is 10.1 Å². The molecule has 3 heterocycles. The number of hydrogen-bond acceptors (Lipinski definition) is 6. The van der Waals surface area contributed by atoms with E-state index in [0.29, 0.717) is 11.5 Å². The summed E-state index contributed by atoms with van der Waals surface area (Å²) < 4.78 is 2.17. The Bertz CT molecular complexity index is 754. The van der Waals surface area contributed by atoms with E-state index in [4.69, 9.17) is 0 Å². The van der Waals surface area contributed by atoms with E-state index in [1.165, 1.54) is 6.20 Å². The zero-order chi connectivity index (χ0) is 16.7. The van der Waals surface area contributed by atoms with Crippen LogP contribution in [0.15, 0.2) is 12.3 Å². The fraction of sp³-hybridized carbons (Fsp3) is 0.533. The van der Waals surface area contributed by atoms with Crippen molar-refractivity contribution in [3.63, 3.8) is 0 Å². The molecule has 2 aromatic rings. The largest absolute Gasteiger partial charge is 0.345 e. The highest BCUT2D eigenvalue weighted by Crippen LogP contribution is 2.31. The van der Waals surface area contributed by atoms with Gasteiger partial charge in [0.15, 0.2) is 5.82 Å². The van der Waals surface area contributed by atoms with Crippen molar-refractivity contribution < 1.29 is 4.92 Å². The molecule has 2 aromatic heterocycles. The molecule has 1 unspecified atom stereocenters. The molecular weight excluding hydrogens is 296 g/mol. The Kier molecular flexibility index (Phi) is 3.75. The molecule has 0 fully saturated rings. The van der Waals surface area contributed by atoms with E-state index in [1.54, 1.807) is 13.0 Å². The summed E-state index contributed by atoms with van der Waals surface area (Å²) >= 11 is 0. The lowest BCUT2D eigenvalue weighted by Gasteiger charge is -2.35. The highest BCUT2D eigenvalue weighted by atomic mass is 16.6. The van der Waals surface area contributed by atoms with E-state index >= 15 is 0 Å². The number of nitrogens with zero attached hydrogens (tertiary/aromatic N) is 6. The topological polar surface area (TPSA) is 90.0 Å². The van der Waals surface area contributed by atoms with Crippen LogP contribution in [0, 0.1) is 17.0 Å². The SMILES string of the molecule is Cc1cc(N2CCn3c(C(C)C)nnc3C2C)ncc1[N+](=O)[O-]. The molecule has 0 bridgehead atoms. The Labute approximate surface area is 134 Å². The molecule has 23 heavy (non-hydrogen) atoms. The molecule has 0 aliphatic carbocycles. The van der Waals surface area contributed by atoms with Gasteiger partial charge in [-0.15, -0.1) is 10.2 Å². The van der Waals surface area contributed by atoms with Gasteiger partial charge in [0.2, 0.25) is 0 Å². The monoisotopic (exact) mass is 316 g/mol. The van der Waals surface area contributed by atoms with E-state index in [0.717, 1.165) is 30.6 Å². The van der Waals surface area contributed by atoms with Gasteiger partial charge in [-0.1, -0.05) is 13.8 Å².